The summed E-state index contributed by atoms with van der Waals surface area (Å²) >= 11 is 0. The number of hydrogen-bond donors (Lipinski definition) is 1. The molecule has 0 spiro atoms. The second-order valence-electron chi connectivity index (χ2n) is 4.66. The molecule has 0 aliphatic carbocycles. The van der Waals surface area contributed by atoms with Crippen LogP contribution in [0.25, 0.3) is 10.9 Å². The number of aryl methyl sites for hydroxylation is 1. The number of carbonyl (C=O) groups excluding carboxylic acids is 1. The van der Waals surface area contributed by atoms with Gasteiger partial charge in [-0.2, -0.15) is 0 Å². The lowest BCUT2D eigenvalue weighted by Gasteiger charge is -2.20. The average molecular weight is 242 g/mol. The molecule has 1 aliphatic heterocycles. The van der Waals surface area contributed by atoms with E-state index in [1.807, 2.05) is 31.2 Å². The SMILES string of the molecule is Cc1ccc2ncccc2c1N1CC(O)CC1=O. The Labute approximate surface area is 105 Å². The molecule has 0 radical (unpaired) electrons. The van der Waals surface area contributed by atoms with Gasteiger partial charge in [-0.05, 0) is 30.7 Å². The van der Waals surface area contributed by atoms with Crippen LogP contribution in [0.1, 0.15) is 12.0 Å². The number of pyridine rings is 1. The van der Waals surface area contributed by atoms with E-state index in [-0.39, 0.29) is 12.3 Å². The number of benzene rings is 1. The van der Waals surface area contributed by atoms with Crippen LogP contribution in [-0.4, -0.2) is 28.6 Å². The maximum absolute atomic E-state index is 11.9. The van der Waals surface area contributed by atoms with E-state index >= 15 is 0 Å². The Bertz CT molecular complexity index is 624. The fourth-order valence-corrected chi connectivity index (χ4v) is 2.51. The number of carbonyl (C=O) groups is 1. The van der Waals surface area contributed by atoms with E-state index < -0.39 is 6.10 Å². The fourth-order valence-electron chi connectivity index (χ4n) is 2.51. The molecule has 0 bridgehead atoms. The van der Waals surface area contributed by atoms with Crippen LogP contribution >= 0.6 is 0 Å². The van der Waals surface area contributed by atoms with E-state index in [1.165, 1.54) is 0 Å². The van der Waals surface area contributed by atoms with Crippen LogP contribution in [0.3, 0.4) is 0 Å². The molecule has 4 nitrogen and oxygen atoms in total. The van der Waals surface area contributed by atoms with E-state index in [4.69, 9.17) is 0 Å². The number of aromatic nitrogens is 1. The first-order chi connectivity index (χ1) is 8.66. The molecule has 18 heavy (non-hydrogen) atoms. The molecule has 0 saturated carbocycles. The van der Waals surface area contributed by atoms with Gasteiger partial charge in [-0.15, -0.1) is 0 Å². The lowest BCUT2D eigenvalue weighted by molar-refractivity contribution is -0.117. The Morgan fingerprint density at radius 2 is 2.22 bits per heavy atom. The Morgan fingerprint density at radius 1 is 1.39 bits per heavy atom. The van der Waals surface area contributed by atoms with Gasteiger partial charge >= 0.3 is 0 Å². The minimum atomic E-state index is -0.566. The van der Waals surface area contributed by atoms with Crippen LogP contribution in [-0.2, 0) is 4.79 Å². The Kier molecular flexibility index (Phi) is 2.52. The molecule has 1 saturated heterocycles. The number of fused-ring (bicyclic) bond motifs is 1. The molecule has 2 heterocycles. The van der Waals surface area contributed by atoms with Crippen molar-refractivity contribution in [2.45, 2.75) is 19.4 Å². The molecule has 1 atom stereocenters. The van der Waals surface area contributed by atoms with Gasteiger partial charge in [0.1, 0.15) is 0 Å². The highest BCUT2D eigenvalue weighted by Crippen LogP contribution is 2.32. The quantitative estimate of drug-likeness (QED) is 0.827. The molecule has 3 rings (SSSR count). The Balaban J connectivity index is 2.22. The predicted octanol–water partition coefficient (Wildman–Crippen LogP) is 1.64. The molecule has 1 fully saturated rings. The first-order valence-corrected chi connectivity index (χ1v) is 5.99. The zero-order valence-electron chi connectivity index (χ0n) is 10.1. The summed E-state index contributed by atoms with van der Waals surface area (Å²) < 4.78 is 0. The van der Waals surface area contributed by atoms with E-state index in [9.17, 15) is 9.90 Å². The molecular formula is C14H14N2O2. The summed E-state index contributed by atoms with van der Waals surface area (Å²) in [6.07, 6.45) is 1.38. The Morgan fingerprint density at radius 3 is 2.94 bits per heavy atom. The van der Waals surface area contributed by atoms with Crippen LogP contribution in [0.15, 0.2) is 30.5 Å². The summed E-state index contributed by atoms with van der Waals surface area (Å²) in [5.74, 6) is -0.0260. The maximum Gasteiger partial charge on any atom is 0.229 e. The minimum absolute atomic E-state index is 0.0260. The molecule has 1 unspecified atom stereocenters. The van der Waals surface area contributed by atoms with E-state index in [0.717, 1.165) is 22.2 Å². The van der Waals surface area contributed by atoms with Gasteiger partial charge in [0.25, 0.3) is 0 Å². The molecule has 92 valence electrons. The molecule has 1 N–H and O–H groups in total. The second-order valence-corrected chi connectivity index (χ2v) is 4.66. The highest BCUT2D eigenvalue weighted by atomic mass is 16.3. The van der Waals surface area contributed by atoms with Crippen molar-refractivity contribution in [3.63, 3.8) is 0 Å². The zero-order chi connectivity index (χ0) is 12.7. The van der Waals surface area contributed by atoms with Crippen LogP contribution in [0.4, 0.5) is 5.69 Å². The van der Waals surface area contributed by atoms with E-state index in [1.54, 1.807) is 11.1 Å². The van der Waals surface area contributed by atoms with Gasteiger partial charge in [-0.25, -0.2) is 0 Å². The van der Waals surface area contributed by atoms with Crippen molar-refractivity contribution in [1.82, 2.24) is 4.98 Å². The highest BCUT2D eigenvalue weighted by Gasteiger charge is 2.30. The van der Waals surface area contributed by atoms with Crippen molar-refractivity contribution in [3.8, 4) is 0 Å². The summed E-state index contributed by atoms with van der Waals surface area (Å²) in [5, 5.41) is 10.6. The van der Waals surface area contributed by atoms with Gasteiger partial charge in [0, 0.05) is 11.6 Å². The summed E-state index contributed by atoms with van der Waals surface area (Å²) in [7, 11) is 0. The second kappa shape index (κ2) is 4.07. The van der Waals surface area contributed by atoms with Crippen molar-refractivity contribution < 1.29 is 9.90 Å². The third kappa shape index (κ3) is 1.66. The van der Waals surface area contributed by atoms with Crippen molar-refractivity contribution in [2.75, 3.05) is 11.4 Å². The van der Waals surface area contributed by atoms with Gasteiger partial charge in [0.15, 0.2) is 0 Å². The number of aliphatic hydroxyl groups excluding tert-OH is 1. The molecule has 1 aromatic heterocycles. The summed E-state index contributed by atoms with van der Waals surface area (Å²) in [4.78, 5) is 17.9. The lowest BCUT2D eigenvalue weighted by Crippen LogP contribution is -2.26. The third-order valence-electron chi connectivity index (χ3n) is 3.33. The minimum Gasteiger partial charge on any atom is -0.391 e. The van der Waals surface area contributed by atoms with Crippen LogP contribution < -0.4 is 4.90 Å². The number of anilines is 1. The van der Waals surface area contributed by atoms with Crippen LogP contribution in [0.5, 0.6) is 0 Å². The number of aliphatic hydroxyl groups is 1. The van der Waals surface area contributed by atoms with Crippen LogP contribution in [0, 0.1) is 6.92 Å². The number of amides is 1. The van der Waals surface area contributed by atoms with Crippen molar-refractivity contribution >= 4 is 22.5 Å². The number of rotatable bonds is 1. The van der Waals surface area contributed by atoms with Crippen molar-refractivity contribution in [2.24, 2.45) is 0 Å². The smallest absolute Gasteiger partial charge is 0.229 e. The average Bonchev–Trinajstić information content (AvgIpc) is 2.68. The van der Waals surface area contributed by atoms with E-state index in [0.29, 0.717) is 6.54 Å². The largest absolute Gasteiger partial charge is 0.391 e. The van der Waals surface area contributed by atoms with Gasteiger partial charge < -0.3 is 10.0 Å². The topological polar surface area (TPSA) is 53.4 Å². The molecular weight excluding hydrogens is 228 g/mol. The number of nitrogens with zero attached hydrogens (tertiary/aromatic N) is 2. The van der Waals surface area contributed by atoms with Crippen molar-refractivity contribution in [1.29, 1.82) is 0 Å². The summed E-state index contributed by atoms with van der Waals surface area (Å²) in [5.41, 5.74) is 2.77. The van der Waals surface area contributed by atoms with Gasteiger partial charge in [0.2, 0.25) is 5.91 Å². The zero-order valence-corrected chi connectivity index (χ0v) is 10.1. The lowest BCUT2D eigenvalue weighted by atomic mass is 10.1. The highest BCUT2D eigenvalue weighted by molar-refractivity contribution is 6.05. The monoisotopic (exact) mass is 242 g/mol. The first-order valence-electron chi connectivity index (χ1n) is 5.99. The van der Waals surface area contributed by atoms with Gasteiger partial charge in [-0.1, -0.05) is 6.07 Å². The summed E-state index contributed by atoms with van der Waals surface area (Å²) in [6, 6.07) is 7.73. The number of hydrogen-bond acceptors (Lipinski definition) is 3. The van der Waals surface area contributed by atoms with Gasteiger partial charge in [-0.3, -0.25) is 9.78 Å². The number of β-amino-alcohol motifs (C(OH)–C–C–N with tert-alkyl or cyclic N) is 1. The molecule has 1 amide bonds. The normalized spacial score (nSPS) is 19.8. The van der Waals surface area contributed by atoms with Gasteiger partial charge in [0.05, 0.1) is 30.3 Å². The van der Waals surface area contributed by atoms with E-state index in [2.05, 4.69) is 4.98 Å². The maximum atomic E-state index is 11.9. The third-order valence-corrected chi connectivity index (χ3v) is 3.33. The molecule has 1 aliphatic rings. The molecule has 4 heteroatoms. The first kappa shape index (κ1) is 11.2. The van der Waals surface area contributed by atoms with Crippen LogP contribution in [0.2, 0.25) is 0 Å². The molecule has 1 aromatic carbocycles. The summed E-state index contributed by atoms with van der Waals surface area (Å²) in [6.45, 7) is 2.34. The molecule has 2 aromatic rings. The Hall–Kier alpha value is -1.94. The predicted molar refractivity (Wildman–Crippen MR) is 69.5 cm³/mol. The standard InChI is InChI=1S/C14H14N2O2/c1-9-4-5-12-11(3-2-6-15-12)14(9)16-8-10(17)7-13(16)18/h2-6,10,17H,7-8H2,1H3. The fraction of sp³-hybridized carbons (Fsp3) is 0.286. The van der Waals surface area contributed by atoms with Crippen molar-refractivity contribution in [3.05, 3.63) is 36.0 Å².